The van der Waals surface area contributed by atoms with Gasteiger partial charge in [0.05, 0.1) is 12.2 Å². The Kier molecular flexibility index (Phi) is 5.57. The molecule has 0 saturated heterocycles. The van der Waals surface area contributed by atoms with Gasteiger partial charge >= 0.3 is 18.8 Å². The fourth-order valence-electron chi connectivity index (χ4n) is 1.92. The van der Waals surface area contributed by atoms with Crippen LogP contribution >= 0.6 is 0 Å². The Hall–Kier alpha value is -2.69. The molecule has 25 heavy (non-hydrogen) atoms. The highest BCUT2D eigenvalue weighted by Gasteiger charge is 2.38. The summed E-state index contributed by atoms with van der Waals surface area (Å²) < 4.78 is 65.6. The average Bonchev–Trinajstić information content (AvgIpc) is 2.53. The number of hydrogen-bond donors (Lipinski definition) is 3. The number of fused-ring (bicyclic) bond motifs is 1. The first-order chi connectivity index (χ1) is 11.7. The van der Waals surface area contributed by atoms with E-state index in [-0.39, 0.29) is 22.3 Å². The molecule has 11 heteroatoms. The molecule has 0 aliphatic carbocycles. The summed E-state index contributed by atoms with van der Waals surface area (Å²) in [4.78, 5) is 15.6. The molecule has 0 radical (unpaired) electrons. The number of aromatic nitrogens is 1. The summed E-state index contributed by atoms with van der Waals surface area (Å²) in [6.07, 6.45) is -6.25. The molecule has 0 unspecified atom stereocenters. The minimum atomic E-state index is -4.86. The van der Waals surface area contributed by atoms with Gasteiger partial charge < -0.3 is 20.5 Å². The van der Waals surface area contributed by atoms with Crippen molar-refractivity contribution in [1.29, 1.82) is 0 Å². The lowest BCUT2D eigenvalue weighted by Crippen LogP contribution is -2.42. The largest absolute Gasteiger partial charge is 0.432 e. The number of aliphatic hydroxyl groups excluding tert-OH is 1. The van der Waals surface area contributed by atoms with Crippen LogP contribution in [0.5, 0.6) is 5.75 Å². The van der Waals surface area contributed by atoms with E-state index in [0.29, 0.717) is 0 Å². The highest BCUT2D eigenvalue weighted by molar-refractivity contribution is 6.02. The third kappa shape index (κ3) is 4.89. The van der Waals surface area contributed by atoms with Crippen LogP contribution in [0.3, 0.4) is 0 Å². The molecule has 2 aromatic rings. The van der Waals surface area contributed by atoms with Crippen molar-refractivity contribution in [1.82, 2.24) is 10.3 Å². The summed E-state index contributed by atoms with van der Waals surface area (Å²) in [6, 6.07) is 4.30. The summed E-state index contributed by atoms with van der Waals surface area (Å²) in [5.41, 5.74) is 0.152. The molecule has 1 aromatic heterocycles. The van der Waals surface area contributed by atoms with Crippen molar-refractivity contribution in [2.45, 2.75) is 18.9 Å². The molecule has 0 spiro atoms. The number of amides is 2. The quantitative estimate of drug-likeness (QED) is 0.712. The summed E-state index contributed by atoms with van der Waals surface area (Å²) >= 11 is 0. The first-order valence-corrected chi connectivity index (χ1v) is 6.80. The number of hydrogen-bond acceptors (Lipinski definition) is 4. The van der Waals surface area contributed by atoms with Crippen molar-refractivity contribution in [3.63, 3.8) is 0 Å². The van der Waals surface area contributed by atoms with Crippen molar-refractivity contribution >= 4 is 22.6 Å². The second-order valence-corrected chi connectivity index (χ2v) is 4.78. The number of nitrogens with one attached hydrogen (secondary N) is 2. The number of pyridine rings is 1. The molecule has 0 saturated carbocycles. The van der Waals surface area contributed by atoms with Crippen LogP contribution in [-0.2, 0) is 0 Å². The van der Waals surface area contributed by atoms with Crippen molar-refractivity contribution in [3.05, 3.63) is 30.5 Å². The van der Waals surface area contributed by atoms with Crippen LogP contribution in [-0.4, -0.2) is 41.6 Å². The molecule has 0 aliphatic heterocycles. The number of benzene rings is 1. The van der Waals surface area contributed by atoms with Gasteiger partial charge in [0.1, 0.15) is 5.52 Å². The maximum atomic E-state index is 12.4. The van der Waals surface area contributed by atoms with Crippen LogP contribution in [0.4, 0.5) is 32.4 Å². The Bertz CT molecular complexity index is 754. The average molecular weight is 365 g/mol. The van der Waals surface area contributed by atoms with Gasteiger partial charge in [-0.25, -0.2) is 4.79 Å². The highest BCUT2D eigenvalue weighted by Crippen LogP contribution is 2.30. The number of aliphatic hydroxyl groups is 1. The Morgan fingerprint density at radius 1 is 1.28 bits per heavy atom. The SMILES string of the molecule is O=C(NC[C@H](O)C(F)(F)F)Nc1ccc(OC(F)F)c2ncccc12. The summed E-state index contributed by atoms with van der Waals surface area (Å²) in [6.45, 7) is -4.12. The molecule has 1 atom stereocenters. The number of carbonyl (C=O) groups is 1. The molecule has 1 heterocycles. The minimum Gasteiger partial charge on any atom is -0.432 e. The van der Waals surface area contributed by atoms with E-state index in [9.17, 15) is 26.7 Å². The van der Waals surface area contributed by atoms with Gasteiger partial charge in [0.15, 0.2) is 11.9 Å². The summed E-state index contributed by atoms with van der Waals surface area (Å²) in [7, 11) is 0. The molecule has 1 aromatic carbocycles. The first kappa shape index (κ1) is 18.6. The Morgan fingerprint density at radius 2 is 2.00 bits per heavy atom. The lowest BCUT2D eigenvalue weighted by molar-refractivity contribution is -0.201. The maximum Gasteiger partial charge on any atom is 0.416 e. The van der Waals surface area contributed by atoms with Gasteiger partial charge in [-0.1, -0.05) is 0 Å². The van der Waals surface area contributed by atoms with Crippen LogP contribution in [0.1, 0.15) is 0 Å². The van der Waals surface area contributed by atoms with Crippen LogP contribution < -0.4 is 15.4 Å². The van der Waals surface area contributed by atoms with Crippen LogP contribution in [0.25, 0.3) is 10.9 Å². The van der Waals surface area contributed by atoms with Crippen molar-refractivity contribution in [2.75, 3.05) is 11.9 Å². The number of nitrogens with zero attached hydrogens (tertiary/aromatic N) is 1. The van der Waals surface area contributed by atoms with Gasteiger partial charge in [-0.3, -0.25) is 4.98 Å². The number of urea groups is 1. The lowest BCUT2D eigenvalue weighted by atomic mass is 10.1. The van der Waals surface area contributed by atoms with E-state index in [2.05, 4.69) is 15.0 Å². The van der Waals surface area contributed by atoms with Crippen LogP contribution in [0.2, 0.25) is 0 Å². The van der Waals surface area contributed by atoms with Gasteiger partial charge in [-0.2, -0.15) is 22.0 Å². The molecular weight excluding hydrogens is 353 g/mol. The van der Waals surface area contributed by atoms with E-state index < -0.39 is 31.5 Å². The molecule has 0 bridgehead atoms. The Morgan fingerprint density at radius 3 is 2.64 bits per heavy atom. The topological polar surface area (TPSA) is 83.5 Å². The summed E-state index contributed by atoms with van der Waals surface area (Å²) in [5.74, 6) is -0.218. The lowest BCUT2D eigenvalue weighted by Gasteiger charge is -2.16. The van der Waals surface area contributed by atoms with Crippen molar-refractivity contribution < 1.29 is 36.6 Å². The van der Waals surface area contributed by atoms with E-state index in [1.165, 1.54) is 24.4 Å². The predicted molar refractivity (Wildman–Crippen MR) is 77.5 cm³/mol. The maximum absolute atomic E-state index is 12.4. The third-order valence-corrected chi connectivity index (χ3v) is 3.03. The van der Waals surface area contributed by atoms with Gasteiger partial charge in [0, 0.05) is 11.6 Å². The predicted octanol–water partition coefficient (Wildman–Crippen LogP) is 2.88. The molecule has 0 fully saturated rings. The fourth-order valence-corrected chi connectivity index (χ4v) is 1.92. The zero-order valence-corrected chi connectivity index (χ0v) is 12.3. The molecule has 136 valence electrons. The molecule has 0 aliphatic rings. The van der Waals surface area contributed by atoms with E-state index >= 15 is 0 Å². The van der Waals surface area contributed by atoms with E-state index in [1.54, 1.807) is 0 Å². The number of halogens is 5. The van der Waals surface area contributed by atoms with Crippen LogP contribution in [0.15, 0.2) is 30.5 Å². The number of ether oxygens (including phenoxy) is 1. The molecular formula is C14H12F5N3O3. The first-order valence-electron chi connectivity index (χ1n) is 6.80. The van der Waals surface area contributed by atoms with Crippen LogP contribution in [0, 0.1) is 0 Å². The van der Waals surface area contributed by atoms with E-state index in [0.717, 1.165) is 6.07 Å². The van der Waals surface area contributed by atoms with Gasteiger partial charge in [-0.15, -0.1) is 0 Å². The smallest absolute Gasteiger partial charge is 0.416 e. The number of rotatable bonds is 5. The third-order valence-electron chi connectivity index (χ3n) is 3.03. The molecule has 3 N–H and O–H groups in total. The fraction of sp³-hybridized carbons (Fsp3) is 0.286. The van der Waals surface area contributed by atoms with Gasteiger partial charge in [0.2, 0.25) is 0 Å². The normalized spacial score (nSPS) is 12.9. The minimum absolute atomic E-state index is 0.0379. The van der Waals surface area contributed by atoms with Gasteiger partial charge in [0.25, 0.3) is 0 Å². The molecule has 6 nitrogen and oxygen atoms in total. The number of carbonyl (C=O) groups excluding carboxylic acids is 1. The molecule has 2 rings (SSSR count). The second kappa shape index (κ2) is 7.47. The van der Waals surface area contributed by atoms with Gasteiger partial charge in [-0.05, 0) is 24.3 Å². The van der Waals surface area contributed by atoms with E-state index in [4.69, 9.17) is 5.11 Å². The zero-order valence-electron chi connectivity index (χ0n) is 12.3. The Labute approximate surface area is 137 Å². The monoisotopic (exact) mass is 365 g/mol. The molecule has 2 amide bonds. The highest BCUT2D eigenvalue weighted by atomic mass is 19.4. The van der Waals surface area contributed by atoms with Crippen molar-refractivity contribution in [3.8, 4) is 5.75 Å². The number of anilines is 1. The zero-order chi connectivity index (χ0) is 18.6. The van der Waals surface area contributed by atoms with Crippen molar-refractivity contribution in [2.24, 2.45) is 0 Å². The second-order valence-electron chi connectivity index (χ2n) is 4.78. The summed E-state index contributed by atoms with van der Waals surface area (Å²) in [5, 5.41) is 13.2. The van der Waals surface area contributed by atoms with E-state index in [1.807, 2.05) is 5.32 Å². The Balaban J connectivity index is 2.15. The standard InChI is InChI=1S/C14H12F5N3O3/c15-12(16)25-9-4-3-8(7-2-1-5-20-11(7)9)22-13(24)21-6-10(23)14(17,18)19/h1-5,10,12,23H,6H2,(H2,21,22,24)/t10-/m0/s1. The number of alkyl halides is 5.